The molecule has 1 amide bonds. The zero-order chi connectivity index (χ0) is 16.5. The molecule has 0 saturated heterocycles. The number of rotatable bonds is 10. The number of amides is 1. The number of methoxy groups -OCH3 is 1. The number of alkyl halides is 3. The van der Waals surface area contributed by atoms with Gasteiger partial charge in [0, 0.05) is 0 Å². The Labute approximate surface area is 121 Å². The van der Waals surface area contributed by atoms with E-state index in [4.69, 9.17) is 0 Å². The van der Waals surface area contributed by atoms with Crippen molar-refractivity contribution in [3.8, 4) is 0 Å². The lowest BCUT2D eigenvalue weighted by atomic mass is 9.87. The lowest BCUT2D eigenvalue weighted by Crippen LogP contribution is -2.63. The zero-order valence-corrected chi connectivity index (χ0v) is 12.2. The average molecular weight is 313 g/mol. The molecule has 0 unspecified atom stereocenters. The summed E-state index contributed by atoms with van der Waals surface area (Å²) in [5.41, 5.74) is -3.34. The van der Waals surface area contributed by atoms with Crippen molar-refractivity contribution in [2.75, 3.05) is 7.11 Å². The predicted molar refractivity (Wildman–Crippen MR) is 69.4 cm³/mol. The molecule has 0 aromatic heterocycles. The number of nitrogens with one attached hydrogen (secondary N) is 1. The molecule has 0 aliphatic carbocycles. The molecule has 0 aliphatic heterocycles. The van der Waals surface area contributed by atoms with Gasteiger partial charge >= 0.3 is 12.1 Å². The van der Waals surface area contributed by atoms with Crippen LogP contribution < -0.4 is 5.32 Å². The summed E-state index contributed by atoms with van der Waals surface area (Å²) in [5, 5.41) is 11.7. The van der Waals surface area contributed by atoms with Crippen LogP contribution in [0, 0.1) is 0 Å². The molecule has 0 spiro atoms. The van der Waals surface area contributed by atoms with E-state index in [2.05, 4.69) is 4.74 Å². The Morgan fingerprint density at radius 2 is 1.86 bits per heavy atom. The number of hydrogen-bond acceptors (Lipinski definition) is 4. The van der Waals surface area contributed by atoms with E-state index in [1.807, 2.05) is 6.92 Å². The third kappa shape index (κ3) is 5.53. The van der Waals surface area contributed by atoms with E-state index in [-0.39, 0.29) is 12.8 Å². The van der Waals surface area contributed by atoms with Crippen LogP contribution in [-0.4, -0.2) is 42.4 Å². The van der Waals surface area contributed by atoms with Crippen LogP contribution in [0.3, 0.4) is 0 Å². The largest absolute Gasteiger partial charge is 0.467 e. The van der Waals surface area contributed by atoms with Gasteiger partial charge in [-0.05, 0) is 6.42 Å². The third-order valence-corrected chi connectivity index (χ3v) is 3.30. The highest BCUT2D eigenvalue weighted by Gasteiger charge is 2.60. The van der Waals surface area contributed by atoms with E-state index >= 15 is 0 Å². The molecule has 0 aromatic carbocycles. The van der Waals surface area contributed by atoms with Gasteiger partial charge in [0.05, 0.1) is 7.11 Å². The summed E-state index contributed by atoms with van der Waals surface area (Å²) in [5.74, 6) is -1.34. The summed E-state index contributed by atoms with van der Waals surface area (Å²) in [6, 6.07) is -2.17. The summed E-state index contributed by atoms with van der Waals surface area (Å²) in [6.45, 7) is 1.97. The first-order valence-electron chi connectivity index (χ1n) is 6.81. The van der Waals surface area contributed by atoms with Crippen LogP contribution in [0.4, 0.5) is 13.2 Å². The monoisotopic (exact) mass is 313 g/mol. The van der Waals surface area contributed by atoms with Crippen molar-refractivity contribution in [3.63, 3.8) is 0 Å². The van der Waals surface area contributed by atoms with Crippen molar-refractivity contribution in [1.29, 1.82) is 0 Å². The first kappa shape index (κ1) is 19.7. The molecular weight excluding hydrogens is 291 g/mol. The minimum Gasteiger partial charge on any atom is -0.467 e. The first-order chi connectivity index (χ1) is 9.74. The minimum atomic E-state index is -5.06. The topological polar surface area (TPSA) is 75.6 Å². The molecule has 0 aromatic rings. The molecule has 0 aliphatic rings. The van der Waals surface area contributed by atoms with Gasteiger partial charge in [0.25, 0.3) is 0 Å². The van der Waals surface area contributed by atoms with Crippen molar-refractivity contribution in [1.82, 2.24) is 5.32 Å². The third-order valence-electron chi connectivity index (χ3n) is 3.30. The van der Waals surface area contributed by atoms with E-state index in [9.17, 15) is 27.9 Å². The highest BCUT2D eigenvalue weighted by molar-refractivity contribution is 5.80. The van der Waals surface area contributed by atoms with Crippen molar-refractivity contribution in [2.24, 2.45) is 0 Å². The molecule has 0 saturated carbocycles. The summed E-state index contributed by atoms with van der Waals surface area (Å²) in [4.78, 5) is 21.9. The lowest BCUT2D eigenvalue weighted by Gasteiger charge is -2.35. The van der Waals surface area contributed by atoms with E-state index in [1.54, 1.807) is 5.32 Å². The number of esters is 1. The van der Waals surface area contributed by atoms with Gasteiger partial charge in [0.2, 0.25) is 6.41 Å². The molecule has 2 N–H and O–H groups in total. The molecule has 0 fully saturated rings. The molecule has 2 atom stereocenters. The van der Waals surface area contributed by atoms with Gasteiger partial charge in [-0.15, -0.1) is 0 Å². The molecule has 0 rings (SSSR count). The maximum atomic E-state index is 13.1. The number of unbranched alkanes of at least 4 members (excludes halogenated alkanes) is 4. The number of aliphatic hydroxyl groups is 1. The van der Waals surface area contributed by atoms with Crippen LogP contribution in [0.25, 0.3) is 0 Å². The Balaban J connectivity index is 5.03. The minimum absolute atomic E-state index is 0.0601. The van der Waals surface area contributed by atoms with Crippen LogP contribution in [-0.2, 0) is 14.3 Å². The van der Waals surface area contributed by atoms with E-state index in [0.717, 1.165) is 26.4 Å². The maximum absolute atomic E-state index is 13.1. The fraction of sp³-hybridized carbons (Fsp3) is 0.846. The van der Waals surface area contributed by atoms with Crippen LogP contribution in [0.2, 0.25) is 0 Å². The van der Waals surface area contributed by atoms with Gasteiger partial charge < -0.3 is 15.2 Å². The number of hydrogen-bond donors (Lipinski definition) is 2. The predicted octanol–water partition coefficient (Wildman–Crippen LogP) is 1.93. The Morgan fingerprint density at radius 1 is 1.29 bits per heavy atom. The van der Waals surface area contributed by atoms with Crippen LogP contribution in [0.15, 0.2) is 0 Å². The molecule has 124 valence electrons. The maximum Gasteiger partial charge on any atom is 0.419 e. The molecule has 5 nitrogen and oxygen atoms in total. The van der Waals surface area contributed by atoms with Crippen molar-refractivity contribution in [3.05, 3.63) is 0 Å². The van der Waals surface area contributed by atoms with Crippen molar-refractivity contribution in [2.45, 2.75) is 63.3 Å². The Bertz CT molecular complexity index is 336. The average Bonchev–Trinajstić information content (AvgIpc) is 2.42. The van der Waals surface area contributed by atoms with Gasteiger partial charge in [-0.1, -0.05) is 39.0 Å². The Kier molecular flexibility index (Phi) is 8.31. The molecule has 0 heterocycles. The fourth-order valence-electron chi connectivity index (χ4n) is 2.03. The summed E-state index contributed by atoms with van der Waals surface area (Å²) >= 11 is 0. The van der Waals surface area contributed by atoms with Crippen LogP contribution in [0.1, 0.15) is 45.4 Å². The number of halogens is 3. The summed E-state index contributed by atoms with van der Waals surface area (Å²) in [7, 11) is 0.889. The summed E-state index contributed by atoms with van der Waals surface area (Å²) < 4.78 is 43.6. The Hall–Kier alpha value is -1.31. The molecular formula is C13H22F3NO4. The van der Waals surface area contributed by atoms with Gasteiger partial charge in [-0.3, -0.25) is 4.79 Å². The number of carbonyl (C=O) groups excluding carboxylic acids is 2. The highest BCUT2D eigenvalue weighted by Crippen LogP contribution is 2.37. The van der Waals surface area contributed by atoms with E-state index < -0.39 is 30.2 Å². The Morgan fingerprint density at radius 3 is 2.29 bits per heavy atom. The smallest absolute Gasteiger partial charge is 0.419 e. The van der Waals surface area contributed by atoms with Crippen molar-refractivity contribution < 1.29 is 32.6 Å². The molecule has 0 bridgehead atoms. The normalized spacial score (nSPS) is 15.9. The highest BCUT2D eigenvalue weighted by atomic mass is 19.4. The quantitative estimate of drug-likeness (QED) is 0.367. The van der Waals surface area contributed by atoms with Gasteiger partial charge in [-0.2, -0.15) is 13.2 Å². The SMILES string of the molecule is CCCCCCC[C@@](O)([C@@H](NC=O)C(=O)OC)C(F)(F)F. The van der Waals surface area contributed by atoms with Crippen molar-refractivity contribution >= 4 is 12.4 Å². The second-order valence-corrected chi connectivity index (χ2v) is 4.83. The first-order valence-corrected chi connectivity index (χ1v) is 6.81. The van der Waals surface area contributed by atoms with Gasteiger partial charge in [0.1, 0.15) is 0 Å². The molecule has 0 radical (unpaired) electrons. The van der Waals surface area contributed by atoms with Gasteiger partial charge in [0.15, 0.2) is 11.6 Å². The standard InChI is InChI=1S/C13H22F3NO4/c1-3-4-5-6-7-8-12(20,13(14,15)16)10(17-9-18)11(19)21-2/h9-10,20H,3-8H2,1-2H3,(H,17,18)/t10-,12+/m0/s1. The second kappa shape index (κ2) is 8.86. The number of ether oxygens (including phenoxy) is 1. The zero-order valence-electron chi connectivity index (χ0n) is 12.2. The number of carbonyl (C=O) groups is 2. The molecule has 8 heteroatoms. The van der Waals surface area contributed by atoms with Gasteiger partial charge in [-0.25, -0.2) is 4.79 Å². The fourth-order valence-corrected chi connectivity index (χ4v) is 2.03. The lowest BCUT2D eigenvalue weighted by molar-refractivity contribution is -0.272. The second-order valence-electron chi connectivity index (χ2n) is 4.83. The van der Waals surface area contributed by atoms with E-state index in [1.165, 1.54) is 0 Å². The molecule has 21 heavy (non-hydrogen) atoms. The van der Waals surface area contributed by atoms with Crippen LogP contribution in [0.5, 0.6) is 0 Å². The van der Waals surface area contributed by atoms with Crippen LogP contribution >= 0.6 is 0 Å². The summed E-state index contributed by atoms with van der Waals surface area (Å²) in [6.07, 6.45) is -2.65. The van der Waals surface area contributed by atoms with E-state index in [0.29, 0.717) is 6.42 Å².